The van der Waals surface area contributed by atoms with E-state index in [0.29, 0.717) is 24.1 Å². The van der Waals surface area contributed by atoms with E-state index >= 15 is 0 Å². The number of nitrogens with one attached hydrogen (secondary N) is 1. The van der Waals surface area contributed by atoms with Gasteiger partial charge in [0.25, 0.3) is 5.91 Å². The minimum atomic E-state index is -0.162. The predicted octanol–water partition coefficient (Wildman–Crippen LogP) is 3.25. The molecule has 0 bridgehead atoms. The van der Waals surface area contributed by atoms with Gasteiger partial charge in [0, 0.05) is 18.0 Å². The van der Waals surface area contributed by atoms with Crippen molar-refractivity contribution in [1.82, 2.24) is 10.5 Å². The van der Waals surface area contributed by atoms with Crippen LogP contribution in [0.4, 0.5) is 0 Å². The van der Waals surface area contributed by atoms with Crippen LogP contribution in [0.2, 0.25) is 0 Å². The molecule has 1 aromatic rings. The smallest absolute Gasteiger partial charge is 0.290 e. The number of carbonyl (C=O) groups is 1. The highest BCUT2D eigenvalue weighted by Crippen LogP contribution is 2.25. The average molecular weight is 330 g/mol. The molecule has 6 heteroatoms. The molecule has 0 aromatic carbocycles. The van der Waals surface area contributed by atoms with Crippen molar-refractivity contribution in [3.8, 4) is 0 Å². The summed E-state index contributed by atoms with van der Waals surface area (Å²) in [7, 11) is 0. The highest BCUT2D eigenvalue weighted by molar-refractivity contribution is 5.91. The van der Waals surface area contributed by atoms with Crippen LogP contribution < -0.4 is 11.1 Å². The van der Waals surface area contributed by atoms with Gasteiger partial charge in [-0.1, -0.05) is 31.8 Å². The van der Waals surface area contributed by atoms with Crippen LogP contribution in [0.25, 0.3) is 0 Å². The average Bonchev–Trinajstić information content (AvgIpc) is 2.99. The molecular formula is C16H28ClN3O2. The molecule has 1 aliphatic rings. The van der Waals surface area contributed by atoms with E-state index < -0.39 is 0 Å². The molecular weight excluding hydrogens is 302 g/mol. The first kappa shape index (κ1) is 19.0. The number of amides is 1. The summed E-state index contributed by atoms with van der Waals surface area (Å²) in [4.78, 5) is 12.3. The highest BCUT2D eigenvalue weighted by Gasteiger charge is 2.27. The van der Waals surface area contributed by atoms with Gasteiger partial charge < -0.3 is 15.6 Å². The first-order valence-electron chi connectivity index (χ1n) is 8.17. The second-order valence-corrected chi connectivity index (χ2v) is 5.99. The van der Waals surface area contributed by atoms with E-state index in [1.54, 1.807) is 6.07 Å². The maximum absolute atomic E-state index is 12.3. The van der Waals surface area contributed by atoms with Gasteiger partial charge in [-0.3, -0.25) is 4.79 Å². The topological polar surface area (TPSA) is 81.2 Å². The van der Waals surface area contributed by atoms with Gasteiger partial charge in [0.1, 0.15) is 0 Å². The maximum atomic E-state index is 12.3. The van der Waals surface area contributed by atoms with E-state index in [0.717, 1.165) is 37.8 Å². The third kappa shape index (κ3) is 4.46. The summed E-state index contributed by atoms with van der Waals surface area (Å²) in [5.74, 6) is 0.897. The second kappa shape index (κ2) is 9.16. The number of hydrogen-bond donors (Lipinski definition) is 2. The SMILES string of the molecule is CCC(CC)c1cc(C(=O)NC2CCCCC2CN)on1.Cl. The number of nitrogens with zero attached hydrogens (tertiary/aromatic N) is 1. The summed E-state index contributed by atoms with van der Waals surface area (Å²) >= 11 is 0. The van der Waals surface area contributed by atoms with Gasteiger partial charge in [0.15, 0.2) is 0 Å². The molecule has 1 aliphatic carbocycles. The van der Waals surface area contributed by atoms with Gasteiger partial charge in [-0.05, 0) is 38.1 Å². The van der Waals surface area contributed by atoms with E-state index in [4.69, 9.17) is 10.3 Å². The lowest BCUT2D eigenvalue weighted by Gasteiger charge is -2.30. The third-order valence-corrected chi connectivity index (χ3v) is 4.68. The zero-order valence-corrected chi connectivity index (χ0v) is 14.3. The van der Waals surface area contributed by atoms with Gasteiger partial charge in [-0.25, -0.2) is 0 Å². The third-order valence-electron chi connectivity index (χ3n) is 4.68. The summed E-state index contributed by atoms with van der Waals surface area (Å²) in [6.07, 6.45) is 6.45. The van der Waals surface area contributed by atoms with Crippen molar-refractivity contribution in [3.63, 3.8) is 0 Å². The van der Waals surface area contributed by atoms with E-state index in [9.17, 15) is 4.79 Å². The van der Waals surface area contributed by atoms with Gasteiger partial charge in [-0.15, -0.1) is 12.4 Å². The van der Waals surface area contributed by atoms with Crippen molar-refractivity contribution in [1.29, 1.82) is 0 Å². The summed E-state index contributed by atoms with van der Waals surface area (Å²) in [5.41, 5.74) is 6.68. The maximum Gasteiger partial charge on any atom is 0.290 e. The number of rotatable bonds is 6. The Morgan fingerprint density at radius 1 is 1.41 bits per heavy atom. The first-order valence-corrected chi connectivity index (χ1v) is 8.17. The first-order chi connectivity index (χ1) is 10.2. The van der Waals surface area contributed by atoms with Crippen LogP contribution in [0.15, 0.2) is 10.6 Å². The lowest BCUT2D eigenvalue weighted by atomic mass is 9.84. The van der Waals surface area contributed by atoms with Gasteiger partial charge in [-0.2, -0.15) is 0 Å². The normalized spacial score (nSPS) is 21.5. The van der Waals surface area contributed by atoms with E-state index in [-0.39, 0.29) is 24.4 Å². The Labute approximate surface area is 138 Å². The molecule has 1 amide bonds. The Balaban J connectivity index is 0.00000242. The lowest BCUT2D eigenvalue weighted by Crippen LogP contribution is -2.44. The fourth-order valence-electron chi connectivity index (χ4n) is 3.21. The molecule has 2 atom stereocenters. The second-order valence-electron chi connectivity index (χ2n) is 5.99. The van der Waals surface area contributed by atoms with Crippen LogP contribution in [0, 0.1) is 5.92 Å². The Kier molecular flexibility index (Phi) is 7.90. The Morgan fingerprint density at radius 2 is 2.09 bits per heavy atom. The van der Waals surface area contributed by atoms with Crippen LogP contribution >= 0.6 is 12.4 Å². The molecule has 1 saturated carbocycles. The van der Waals surface area contributed by atoms with E-state index in [1.807, 2.05) is 0 Å². The Morgan fingerprint density at radius 3 is 2.73 bits per heavy atom. The summed E-state index contributed by atoms with van der Waals surface area (Å²) in [6, 6.07) is 1.95. The van der Waals surface area contributed by atoms with Crippen molar-refractivity contribution in [2.45, 2.75) is 64.3 Å². The molecule has 3 N–H and O–H groups in total. The molecule has 0 saturated heterocycles. The predicted molar refractivity (Wildman–Crippen MR) is 89.3 cm³/mol. The van der Waals surface area contributed by atoms with Crippen molar-refractivity contribution in [3.05, 3.63) is 17.5 Å². The van der Waals surface area contributed by atoms with Gasteiger partial charge in [0.05, 0.1) is 5.69 Å². The number of halogens is 1. The molecule has 1 fully saturated rings. The lowest BCUT2D eigenvalue weighted by molar-refractivity contribution is 0.0870. The number of aromatic nitrogens is 1. The molecule has 0 aliphatic heterocycles. The standard InChI is InChI=1S/C16H27N3O2.ClH/c1-3-11(4-2)14-9-15(21-19-14)16(20)18-13-8-6-5-7-12(13)10-17;/h9,11-13H,3-8,10,17H2,1-2H3,(H,18,20);1H. The summed E-state index contributed by atoms with van der Waals surface area (Å²) < 4.78 is 5.23. The molecule has 0 spiro atoms. The molecule has 1 heterocycles. The molecule has 2 rings (SSSR count). The zero-order chi connectivity index (χ0) is 15.2. The van der Waals surface area contributed by atoms with Crippen LogP contribution in [0.1, 0.15) is 74.5 Å². The summed E-state index contributed by atoms with van der Waals surface area (Å²) in [6.45, 7) is 4.87. The number of carbonyl (C=O) groups excluding carboxylic acids is 1. The van der Waals surface area contributed by atoms with Crippen LogP contribution in [0.3, 0.4) is 0 Å². The van der Waals surface area contributed by atoms with Crippen molar-refractivity contribution < 1.29 is 9.32 Å². The van der Waals surface area contributed by atoms with Crippen molar-refractivity contribution in [2.75, 3.05) is 6.54 Å². The minimum Gasteiger partial charge on any atom is -0.351 e. The molecule has 126 valence electrons. The molecule has 5 nitrogen and oxygen atoms in total. The quantitative estimate of drug-likeness (QED) is 0.839. The van der Waals surface area contributed by atoms with Crippen LogP contribution in [0.5, 0.6) is 0 Å². The van der Waals surface area contributed by atoms with Gasteiger partial charge in [0.2, 0.25) is 5.76 Å². The zero-order valence-electron chi connectivity index (χ0n) is 13.5. The van der Waals surface area contributed by atoms with Crippen molar-refractivity contribution >= 4 is 18.3 Å². The summed E-state index contributed by atoms with van der Waals surface area (Å²) in [5, 5.41) is 7.12. The molecule has 22 heavy (non-hydrogen) atoms. The fourth-order valence-corrected chi connectivity index (χ4v) is 3.21. The van der Waals surface area contributed by atoms with Crippen LogP contribution in [-0.2, 0) is 0 Å². The van der Waals surface area contributed by atoms with Crippen molar-refractivity contribution in [2.24, 2.45) is 11.7 Å². The fraction of sp³-hybridized carbons (Fsp3) is 0.750. The highest BCUT2D eigenvalue weighted by atomic mass is 35.5. The van der Waals surface area contributed by atoms with E-state index in [2.05, 4.69) is 24.3 Å². The Bertz CT molecular complexity index is 460. The van der Waals surface area contributed by atoms with Gasteiger partial charge >= 0.3 is 0 Å². The van der Waals surface area contributed by atoms with E-state index in [1.165, 1.54) is 6.42 Å². The number of hydrogen-bond acceptors (Lipinski definition) is 4. The monoisotopic (exact) mass is 329 g/mol. The molecule has 2 unspecified atom stereocenters. The molecule has 1 aromatic heterocycles. The Hall–Kier alpha value is -1.07. The number of nitrogens with two attached hydrogens (primary N) is 1. The largest absolute Gasteiger partial charge is 0.351 e. The molecule has 0 radical (unpaired) electrons. The van der Waals surface area contributed by atoms with Crippen LogP contribution in [-0.4, -0.2) is 23.7 Å². The minimum absolute atomic E-state index is 0.